The number of thioether (sulfide) groups is 1. The van der Waals surface area contributed by atoms with Crippen molar-refractivity contribution in [1.29, 1.82) is 0 Å². The molecule has 1 aliphatic rings. The number of fused-ring (bicyclic) bond motifs is 2. The summed E-state index contributed by atoms with van der Waals surface area (Å²) in [5.74, 6) is 0.932. The average molecular weight is 342 g/mol. The number of hydrogen-bond acceptors (Lipinski definition) is 4. The van der Waals surface area contributed by atoms with Crippen LogP contribution < -0.4 is 0 Å². The molecule has 1 aliphatic heterocycles. The fourth-order valence-electron chi connectivity index (χ4n) is 2.90. The Morgan fingerprint density at radius 2 is 1.79 bits per heavy atom. The highest BCUT2D eigenvalue weighted by molar-refractivity contribution is 7.98. The Morgan fingerprint density at radius 3 is 2.54 bits per heavy atom. The van der Waals surface area contributed by atoms with Crippen molar-refractivity contribution in [1.82, 2.24) is 0 Å². The lowest BCUT2D eigenvalue weighted by molar-refractivity contribution is -0.134. The number of ketones is 1. The zero-order chi connectivity index (χ0) is 16.9. The van der Waals surface area contributed by atoms with E-state index < -0.39 is 0 Å². The lowest BCUT2D eigenvalue weighted by Crippen LogP contribution is -2.20. The van der Waals surface area contributed by atoms with Gasteiger partial charge in [-0.3, -0.25) is 4.79 Å². The number of carbonyl (C=O) groups is 1. The van der Waals surface area contributed by atoms with Crippen molar-refractivity contribution >= 4 is 17.5 Å². The summed E-state index contributed by atoms with van der Waals surface area (Å²) in [7, 11) is 0. The van der Waals surface area contributed by atoms with Gasteiger partial charge in [-0.1, -0.05) is 30.3 Å². The fourth-order valence-corrected chi connectivity index (χ4v) is 4.01. The maximum Gasteiger partial charge on any atom is 0.194 e. The minimum atomic E-state index is -0.235. The van der Waals surface area contributed by atoms with E-state index in [1.165, 1.54) is 0 Å². The summed E-state index contributed by atoms with van der Waals surface area (Å²) in [6, 6.07) is 13.9. The number of ether oxygens (including phenoxy) is 2. The van der Waals surface area contributed by atoms with Crippen LogP contribution in [0.25, 0.3) is 0 Å². The van der Waals surface area contributed by atoms with Gasteiger partial charge in [0, 0.05) is 41.4 Å². The Balaban J connectivity index is 1.86. The fraction of sp³-hybridized carbons (Fsp3) is 0.350. The summed E-state index contributed by atoms with van der Waals surface area (Å²) in [5.41, 5.74) is 3.84. The van der Waals surface area contributed by atoms with Crippen LogP contribution in [-0.4, -0.2) is 25.3 Å². The second-order valence-corrected chi connectivity index (χ2v) is 6.67. The number of rotatable bonds is 6. The zero-order valence-corrected chi connectivity index (χ0v) is 14.9. The van der Waals surface area contributed by atoms with E-state index in [4.69, 9.17) is 9.47 Å². The second-order valence-electron chi connectivity index (χ2n) is 5.65. The molecule has 24 heavy (non-hydrogen) atoms. The molecule has 0 radical (unpaired) electrons. The molecule has 1 heterocycles. The first-order valence-corrected chi connectivity index (χ1v) is 9.33. The number of benzene rings is 2. The highest BCUT2D eigenvalue weighted by Crippen LogP contribution is 2.34. The summed E-state index contributed by atoms with van der Waals surface area (Å²) in [4.78, 5) is 13.8. The van der Waals surface area contributed by atoms with Crippen molar-refractivity contribution in [2.75, 3.05) is 13.2 Å². The Bertz CT molecular complexity index is 721. The predicted molar refractivity (Wildman–Crippen MR) is 96.6 cm³/mol. The van der Waals surface area contributed by atoms with Crippen LogP contribution in [-0.2, 0) is 21.6 Å². The van der Waals surface area contributed by atoms with Gasteiger partial charge in [0.05, 0.1) is 0 Å². The summed E-state index contributed by atoms with van der Waals surface area (Å²) in [5, 5.41) is 0. The van der Waals surface area contributed by atoms with E-state index >= 15 is 0 Å². The Hall–Kier alpha value is -1.62. The van der Waals surface area contributed by atoms with E-state index in [0.29, 0.717) is 19.6 Å². The topological polar surface area (TPSA) is 35.5 Å². The van der Waals surface area contributed by atoms with E-state index in [9.17, 15) is 4.79 Å². The molecule has 0 bridgehead atoms. The first-order chi connectivity index (χ1) is 11.7. The van der Waals surface area contributed by atoms with Crippen molar-refractivity contribution in [2.45, 2.75) is 37.2 Å². The van der Waals surface area contributed by atoms with Crippen LogP contribution in [0.15, 0.2) is 47.4 Å². The van der Waals surface area contributed by atoms with Crippen LogP contribution in [0.4, 0.5) is 0 Å². The molecule has 3 rings (SSSR count). The highest BCUT2D eigenvalue weighted by Gasteiger charge is 2.22. The summed E-state index contributed by atoms with van der Waals surface area (Å²) in [6.45, 7) is 5.18. The molecule has 0 fully saturated rings. The molecule has 3 nitrogen and oxygen atoms in total. The molecule has 126 valence electrons. The van der Waals surface area contributed by atoms with Crippen molar-refractivity contribution in [2.24, 2.45) is 0 Å². The van der Waals surface area contributed by atoms with Crippen LogP contribution in [0.5, 0.6) is 0 Å². The Labute approximate surface area is 147 Å². The van der Waals surface area contributed by atoms with E-state index in [2.05, 4.69) is 6.07 Å². The predicted octanol–water partition coefficient (Wildman–Crippen LogP) is 4.46. The molecule has 0 saturated carbocycles. The van der Waals surface area contributed by atoms with Crippen molar-refractivity contribution in [3.63, 3.8) is 0 Å². The number of carbonyl (C=O) groups excluding carboxylic acids is 1. The third-order valence-electron chi connectivity index (χ3n) is 4.04. The van der Waals surface area contributed by atoms with Gasteiger partial charge in [-0.05, 0) is 37.1 Å². The molecular weight excluding hydrogens is 320 g/mol. The third-order valence-corrected chi connectivity index (χ3v) is 5.15. The molecule has 0 atom stereocenters. The first kappa shape index (κ1) is 17.2. The molecule has 2 aromatic rings. The smallest absolute Gasteiger partial charge is 0.194 e. The molecule has 2 aromatic carbocycles. The highest BCUT2D eigenvalue weighted by atomic mass is 32.2. The van der Waals surface area contributed by atoms with Crippen LogP contribution in [0.3, 0.4) is 0 Å². The largest absolute Gasteiger partial charge is 0.353 e. The van der Waals surface area contributed by atoms with Gasteiger partial charge in [0.2, 0.25) is 0 Å². The molecule has 0 unspecified atom stereocenters. The third kappa shape index (κ3) is 3.72. The van der Waals surface area contributed by atoms with Gasteiger partial charge in [-0.2, -0.15) is 0 Å². The standard InChI is InChI=1S/C20H22O3S/c1-3-22-19(23-4-2)12-14-9-10-17-18(11-14)24-13-15-7-5-6-8-16(15)20(17)21/h5-11,19H,3-4,12-13H2,1-2H3. The normalized spacial score (nSPS) is 13.5. The van der Waals surface area contributed by atoms with Crippen LogP contribution >= 0.6 is 11.8 Å². The lowest BCUT2D eigenvalue weighted by Gasteiger charge is -2.17. The maximum atomic E-state index is 12.8. The van der Waals surface area contributed by atoms with E-state index in [1.54, 1.807) is 11.8 Å². The van der Waals surface area contributed by atoms with E-state index in [1.807, 2.05) is 50.2 Å². The quantitative estimate of drug-likeness (QED) is 0.726. The van der Waals surface area contributed by atoms with Gasteiger partial charge in [0.25, 0.3) is 0 Å². The van der Waals surface area contributed by atoms with Crippen molar-refractivity contribution < 1.29 is 14.3 Å². The van der Waals surface area contributed by atoms with Crippen molar-refractivity contribution in [3.05, 3.63) is 64.7 Å². The molecule has 0 N–H and O–H groups in total. The van der Waals surface area contributed by atoms with Gasteiger partial charge in [-0.25, -0.2) is 0 Å². The Kier molecular flexibility index (Phi) is 5.72. The SMILES string of the molecule is CCOC(Cc1ccc2c(c1)SCc1ccccc1C2=O)OCC. The maximum absolute atomic E-state index is 12.8. The zero-order valence-electron chi connectivity index (χ0n) is 14.1. The molecule has 0 aliphatic carbocycles. The lowest BCUT2D eigenvalue weighted by atomic mass is 9.98. The minimum absolute atomic E-state index is 0.114. The minimum Gasteiger partial charge on any atom is -0.353 e. The average Bonchev–Trinajstić information content (AvgIpc) is 2.73. The van der Waals surface area contributed by atoms with Gasteiger partial charge in [-0.15, -0.1) is 11.8 Å². The van der Waals surface area contributed by atoms with Crippen LogP contribution in [0.2, 0.25) is 0 Å². The van der Waals surface area contributed by atoms with Gasteiger partial charge < -0.3 is 9.47 Å². The molecule has 0 saturated heterocycles. The first-order valence-electron chi connectivity index (χ1n) is 8.34. The molecule has 0 aromatic heterocycles. The van der Waals surface area contributed by atoms with Crippen molar-refractivity contribution in [3.8, 4) is 0 Å². The number of hydrogen-bond donors (Lipinski definition) is 0. The van der Waals surface area contributed by atoms with Gasteiger partial charge >= 0.3 is 0 Å². The van der Waals surface area contributed by atoms with Gasteiger partial charge in [0.15, 0.2) is 12.1 Å². The molecule has 0 spiro atoms. The van der Waals surface area contributed by atoms with E-state index in [-0.39, 0.29) is 12.1 Å². The molecule has 4 heteroatoms. The summed E-state index contributed by atoms with van der Waals surface area (Å²) >= 11 is 1.72. The van der Waals surface area contributed by atoms with E-state index in [0.717, 1.165) is 32.9 Å². The second kappa shape index (κ2) is 7.97. The summed E-state index contributed by atoms with van der Waals surface area (Å²) < 4.78 is 11.3. The molecular formula is C20H22O3S. The summed E-state index contributed by atoms with van der Waals surface area (Å²) in [6.07, 6.45) is 0.457. The van der Waals surface area contributed by atoms with Crippen LogP contribution in [0, 0.1) is 0 Å². The van der Waals surface area contributed by atoms with Crippen LogP contribution in [0.1, 0.15) is 40.9 Å². The Morgan fingerprint density at radius 1 is 1.04 bits per heavy atom. The molecule has 0 amide bonds. The van der Waals surface area contributed by atoms with Gasteiger partial charge in [0.1, 0.15) is 0 Å². The monoisotopic (exact) mass is 342 g/mol.